The molecule has 5 heteroatoms. The number of Topliss-reactive ketones (excluding diaryl/α,β-unsaturated/α-hetero) is 1. The Hall–Kier alpha value is -0.990. The first-order valence-electron chi connectivity index (χ1n) is 4.09. The second-order valence-electron chi connectivity index (χ2n) is 2.95. The Kier molecular flexibility index (Phi) is 4.18. The number of thioether (sulfide) groups is 1. The maximum absolute atomic E-state index is 11.6. The van der Waals surface area contributed by atoms with E-state index in [1.54, 1.807) is 12.1 Å². The van der Waals surface area contributed by atoms with Gasteiger partial charge in [-0.05, 0) is 52.3 Å². The van der Waals surface area contributed by atoms with Gasteiger partial charge < -0.3 is 5.11 Å². The highest BCUT2D eigenvalue weighted by Crippen LogP contribution is 2.30. The number of carbonyl (C=O) groups excluding carboxylic acids is 1. The minimum atomic E-state index is -0.247. The molecule has 0 aromatic heterocycles. The molecule has 0 radical (unpaired) electrons. The van der Waals surface area contributed by atoms with Gasteiger partial charge in [-0.3, -0.25) is 4.79 Å². The number of carbonyl (C=O) groups is 1. The molecule has 0 saturated carbocycles. The van der Waals surface area contributed by atoms with Gasteiger partial charge in [0.25, 0.3) is 0 Å². The lowest BCUT2D eigenvalue weighted by Gasteiger charge is -2.05. The molecule has 0 bridgehead atoms. The Morgan fingerprint density at radius 1 is 1.67 bits per heavy atom. The lowest BCUT2D eigenvalue weighted by Crippen LogP contribution is -2.03. The Morgan fingerprint density at radius 3 is 2.93 bits per heavy atom. The average molecular weight is 286 g/mol. The molecule has 0 saturated heterocycles. The van der Waals surface area contributed by atoms with E-state index in [1.807, 2.05) is 12.3 Å². The van der Waals surface area contributed by atoms with Gasteiger partial charge in [0.1, 0.15) is 11.2 Å². The molecule has 1 aromatic carbocycles. The molecule has 0 heterocycles. The summed E-state index contributed by atoms with van der Waals surface area (Å²) < 4.78 is 0.493. The zero-order chi connectivity index (χ0) is 11.4. The number of rotatable bonds is 3. The van der Waals surface area contributed by atoms with Crippen LogP contribution >= 0.6 is 27.7 Å². The molecule has 3 nitrogen and oxygen atoms in total. The first-order chi connectivity index (χ1) is 7.06. The fourth-order valence-electron chi connectivity index (χ4n) is 1.12. The Morgan fingerprint density at radius 2 is 2.33 bits per heavy atom. The van der Waals surface area contributed by atoms with Crippen LogP contribution in [-0.2, 0) is 0 Å². The summed E-state index contributed by atoms with van der Waals surface area (Å²) in [5.41, 5.74) is 1.13. The highest BCUT2D eigenvalue weighted by Gasteiger charge is 2.14. The predicted molar refractivity (Wildman–Crippen MR) is 62.9 cm³/mol. The lowest BCUT2D eigenvalue weighted by molar-refractivity contribution is 0.102. The number of hydrogen-bond acceptors (Lipinski definition) is 4. The van der Waals surface area contributed by atoms with Gasteiger partial charge in [-0.25, -0.2) is 0 Å². The van der Waals surface area contributed by atoms with Crippen LogP contribution in [0.4, 0.5) is 0 Å². The van der Waals surface area contributed by atoms with Gasteiger partial charge in [-0.1, -0.05) is 0 Å². The first-order valence-corrected chi connectivity index (χ1v) is 5.87. The Labute approximate surface area is 100 Å². The predicted octanol–water partition coefficient (Wildman–Crippen LogP) is 2.86. The third-order valence-electron chi connectivity index (χ3n) is 1.78. The summed E-state index contributed by atoms with van der Waals surface area (Å²) in [6, 6.07) is 3.34. The third kappa shape index (κ3) is 2.98. The number of phenols is 1. The number of hydrogen-bond donors (Lipinski definition) is 1. The maximum Gasteiger partial charge on any atom is 0.177 e. The van der Waals surface area contributed by atoms with Crippen LogP contribution in [0, 0.1) is 17.6 Å². The highest BCUT2D eigenvalue weighted by atomic mass is 79.9. The molecule has 15 heavy (non-hydrogen) atoms. The van der Waals surface area contributed by atoms with Crippen molar-refractivity contribution >= 4 is 33.5 Å². The molecule has 0 aliphatic carbocycles. The summed E-state index contributed by atoms with van der Waals surface area (Å²) in [5.74, 6) is -0.257. The average Bonchev–Trinajstić information content (AvgIpc) is 2.19. The molecular formula is C10H8BrNO2S. The van der Waals surface area contributed by atoms with Crippen molar-refractivity contribution in [2.24, 2.45) is 0 Å². The summed E-state index contributed by atoms with van der Waals surface area (Å²) in [6.45, 7) is 1.83. The number of ketones is 1. The van der Waals surface area contributed by atoms with Crippen molar-refractivity contribution in [1.29, 1.82) is 5.26 Å². The van der Waals surface area contributed by atoms with Gasteiger partial charge in [0.05, 0.1) is 15.8 Å². The van der Waals surface area contributed by atoms with Gasteiger partial charge in [0, 0.05) is 0 Å². The molecule has 78 valence electrons. The van der Waals surface area contributed by atoms with Crippen LogP contribution in [0.25, 0.3) is 0 Å². The van der Waals surface area contributed by atoms with E-state index >= 15 is 0 Å². The van der Waals surface area contributed by atoms with Crippen molar-refractivity contribution < 1.29 is 9.90 Å². The zero-order valence-electron chi connectivity index (χ0n) is 7.95. The lowest BCUT2D eigenvalue weighted by atomic mass is 10.1. The highest BCUT2D eigenvalue weighted by molar-refractivity contribution is 9.10. The van der Waals surface area contributed by atoms with E-state index in [0.29, 0.717) is 4.47 Å². The SMILES string of the molecule is Cc1cc(Br)c(O)c(C(=O)CSC#N)c1. The van der Waals surface area contributed by atoms with Crippen LogP contribution < -0.4 is 0 Å². The van der Waals surface area contributed by atoms with Gasteiger partial charge in [-0.2, -0.15) is 5.26 Å². The normalized spacial score (nSPS) is 9.67. The first kappa shape index (κ1) is 12.1. The van der Waals surface area contributed by atoms with E-state index in [1.165, 1.54) is 0 Å². The molecule has 0 aliphatic heterocycles. The van der Waals surface area contributed by atoms with Crippen LogP contribution in [0.5, 0.6) is 5.75 Å². The Balaban J connectivity index is 3.04. The molecule has 1 rings (SSSR count). The maximum atomic E-state index is 11.6. The Bertz CT molecular complexity index is 440. The molecule has 1 aromatic rings. The molecule has 0 fully saturated rings. The second kappa shape index (κ2) is 5.19. The fourth-order valence-corrected chi connectivity index (χ4v) is 2.05. The molecule has 0 amide bonds. The third-order valence-corrected chi connectivity index (χ3v) is 2.92. The van der Waals surface area contributed by atoms with Gasteiger partial charge in [0.2, 0.25) is 0 Å². The molecule has 1 N–H and O–H groups in total. The quantitative estimate of drug-likeness (QED) is 0.685. The number of aromatic hydroxyl groups is 1. The van der Waals surface area contributed by atoms with E-state index < -0.39 is 0 Å². The number of nitriles is 1. The van der Waals surface area contributed by atoms with E-state index in [-0.39, 0.29) is 22.8 Å². The molecule has 0 aliphatic rings. The van der Waals surface area contributed by atoms with Crippen molar-refractivity contribution in [1.82, 2.24) is 0 Å². The minimum absolute atomic E-state index is 0.0555. The van der Waals surface area contributed by atoms with E-state index in [2.05, 4.69) is 15.9 Å². The summed E-state index contributed by atoms with van der Waals surface area (Å²) in [6.07, 6.45) is 0. The summed E-state index contributed by atoms with van der Waals surface area (Å²) in [4.78, 5) is 11.6. The number of phenolic OH excluding ortho intramolecular Hbond substituents is 1. The van der Waals surface area contributed by atoms with Crippen LogP contribution in [0.15, 0.2) is 16.6 Å². The summed E-state index contributed by atoms with van der Waals surface area (Å²) >= 11 is 4.02. The van der Waals surface area contributed by atoms with E-state index in [0.717, 1.165) is 17.3 Å². The molecular weight excluding hydrogens is 278 g/mol. The van der Waals surface area contributed by atoms with Crippen molar-refractivity contribution in [2.45, 2.75) is 6.92 Å². The van der Waals surface area contributed by atoms with Gasteiger partial charge in [0.15, 0.2) is 5.78 Å². The van der Waals surface area contributed by atoms with E-state index in [4.69, 9.17) is 5.26 Å². The van der Waals surface area contributed by atoms with Crippen molar-refractivity contribution in [3.8, 4) is 11.2 Å². The molecule has 0 unspecified atom stereocenters. The number of nitrogens with zero attached hydrogens (tertiary/aromatic N) is 1. The standard InChI is InChI=1S/C10H8BrNO2S/c1-6-2-7(9(13)4-15-5-12)10(14)8(11)3-6/h2-3,14H,4H2,1H3. The van der Waals surface area contributed by atoms with Crippen molar-refractivity contribution in [3.05, 3.63) is 27.7 Å². The smallest absolute Gasteiger partial charge is 0.177 e. The largest absolute Gasteiger partial charge is 0.506 e. The monoisotopic (exact) mass is 285 g/mol. The summed E-state index contributed by atoms with van der Waals surface area (Å²) in [5, 5.41) is 19.8. The van der Waals surface area contributed by atoms with Gasteiger partial charge >= 0.3 is 0 Å². The topological polar surface area (TPSA) is 61.1 Å². The fraction of sp³-hybridized carbons (Fsp3) is 0.200. The van der Waals surface area contributed by atoms with Crippen molar-refractivity contribution in [2.75, 3.05) is 5.75 Å². The summed E-state index contributed by atoms with van der Waals surface area (Å²) in [7, 11) is 0. The minimum Gasteiger partial charge on any atom is -0.506 e. The van der Waals surface area contributed by atoms with Crippen LogP contribution in [-0.4, -0.2) is 16.6 Å². The van der Waals surface area contributed by atoms with Crippen LogP contribution in [0.2, 0.25) is 0 Å². The number of aryl methyl sites for hydroxylation is 1. The van der Waals surface area contributed by atoms with Crippen LogP contribution in [0.1, 0.15) is 15.9 Å². The van der Waals surface area contributed by atoms with E-state index in [9.17, 15) is 9.90 Å². The zero-order valence-corrected chi connectivity index (χ0v) is 10.4. The van der Waals surface area contributed by atoms with Gasteiger partial charge in [-0.15, -0.1) is 0 Å². The number of benzene rings is 1. The number of halogens is 1. The molecule has 0 atom stereocenters. The molecule has 0 spiro atoms. The number of thiocyanates is 1. The van der Waals surface area contributed by atoms with Crippen molar-refractivity contribution in [3.63, 3.8) is 0 Å². The second-order valence-corrected chi connectivity index (χ2v) is 4.56. The van der Waals surface area contributed by atoms with Crippen LogP contribution in [0.3, 0.4) is 0 Å².